The molecule has 0 amide bonds. The number of aromatic nitrogens is 2. The molecule has 1 aliphatic heterocycles. The molecule has 18 heavy (non-hydrogen) atoms. The number of nitrogens with zero attached hydrogens (tertiary/aromatic N) is 2. The molecule has 102 valence electrons. The summed E-state index contributed by atoms with van der Waals surface area (Å²) < 4.78 is 10.8. The van der Waals surface area contributed by atoms with Crippen LogP contribution in [0, 0.1) is 0 Å². The van der Waals surface area contributed by atoms with Gasteiger partial charge in [0.15, 0.2) is 0 Å². The Hall–Kier alpha value is -0.940. The van der Waals surface area contributed by atoms with Gasteiger partial charge in [-0.3, -0.25) is 0 Å². The van der Waals surface area contributed by atoms with Gasteiger partial charge in [0, 0.05) is 19.1 Å². The minimum absolute atomic E-state index is 0.0538. The van der Waals surface area contributed by atoms with Crippen molar-refractivity contribution in [2.75, 3.05) is 13.2 Å². The molecule has 1 saturated heterocycles. The van der Waals surface area contributed by atoms with Gasteiger partial charge in [0.2, 0.25) is 11.7 Å². The molecule has 2 rings (SSSR count). The van der Waals surface area contributed by atoms with Crippen LogP contribution in [0.15, 0.2) is 4.52 Å². The number of nitrogens with one attached hydrogen (secondary N) is 1. The van der Waals surface area contributed by atoms with Gasteiger partial charge >= 0.3 is 0 Å². The highest BCUT2D eigenvalue weighted by Crippen LogP contribution is 2.26. The summed E-state index contributed by atoms with van der Waals surface area (Å²) in [6.07, 6.45) is 5.16. The zero-order chi connectivity index (χ0) is 12.8. The zero-order valence-electron chi connectivity index (χ0n) is 11.3. The Morgan fingerprint density at radius 3 is 3.11 bits per heavy atom. The average Bonchev–Trinajstić information content (AvgIpc) is 3.03. The maximum Gasteiger partial charge on any atom is 0.226 e. The van der Waals surface area contributed by atoms with Crippen molar-refractivity contribution in [3.63, 3.8) is 0 Å². The zero-order valence-corrected chi connectivity index (χ0v) is 11.3. The quantitative estimate of drug-likeness (QED) is 0.807. The van der Waals surface area contributed by atoms with Crippen molar-refractivity contribution in [2.45, 2.75) is 58.1 Å². The van der Waals surface area contributed by atoms with Gasteiger partial charge in [-0.25, -0.2) is 0 Å². The molecular weight excluding hydrogens is 230 g/mol. The minimum Gasteiger partial charge on any atom is -0.370 e. The molecule has 0 saturated carbocycles. The van der Waals surface area contributed by atoms with Crippen LogP contribution in [-0.4, -0.2) is 29.3 Å². The first-order chi connectivity index (χ1) is 8.79. The van der Waals surface area contributed by atoms with E-state index < -0.39 is 0 Å². The highest BCUT2D eigenvalue weighted by atomic mass is 16.5. The summed E-state index contributed by atoms with van der Waals surface area (Å²) in [4.78, 5) is 4.41. The van der Waals surface area contributed by atoms with Gasteiger partial charge < -0.3 is 14.6 Å². The van der Waals surface area contributed by atoms with Crippen LogP contribution in [0.4, 0.5) is 0 Å². The first kappa shape index (κ1) is 13.5. The summed E-state index contributed by atoms with van der Waals surface area (Å²) in [6, 6.07) is 0.489. The second-order valence-corrected chi connectivity index (χ2v) is 4.94. The molecule has 5 nitrogen and oxygen atoms in total. The lowest BCUT2D eigenvalue weighted by atomic mass is 10.2. The van der Waals surface area contributed by atoms with Crippen LogP contribution in [0.2, 0.25) is 0 Å². The topological polar surface area (TPSA) is 60.2 Å². The predicted octanol–water partition coefficient (Wildman–Crippen LogP) is 2.24. The van der Waals surface area contributed by atoms with Crippen molar-refractivity contribution in [2.24, 2.45) is 0 Å². The van der Waals surface area contributed by atoms with Crippen LogP contribution in [0.5, 0.6) is 0 Å². The summed E-state index contributed by atoms with van der Waals surface area (Å²) in [6.45, 7) is 6.23. The normalized spacial score (nSPS) is 21.3. The molecule has 0 bridgehead atoms. The van der Waals surface area contributed by atoms with Crippen molar-refractivity contribution >= 4 is 0 Å². The molecule has 0 spiro atoms. The molecule has 2 atom stereocenters. The van der Waals surface area contributed by atoms with Crippen LogP contribution in [-0.2, 0) is 11.2 Å². The molecule has 0 aliphatic carbocycles. The fourth-order valence-corrected chi connectivity index (χ4v) is 2.11. The maximum atomic E-state index is 5.53. The molecule has 2 heterocycles. The smallest absolute Gasteiger partial charge is 0.226 e. The van der Waals surface area contributed by atoms with E-state index >= 15 is 0 Å². The minimum atomic E-state index is 0.0538. The van der Waals surface area contributed by atoms with Crippen molar-refractivity contribution in [3.05, 3.63) is 11.7 Å². The summed E-state index contributed by atoms with van der Waals surface area (Å²) in [5.41, 5.74) is 0. The molecule has 2 unspecified atom stereocenters. The molecule has 1 aromatic rings. The summed E-state index contributed by atoms with van der Waals surface area (Å²) >= 11 is 0. The Kier molecular flexibility index (Phi) is 5.13. The van der Waals surface area contributed by atoms with Crippen molar-refractivity contribution in [1.82, 2.24) is 15.5 Å². The number of ether oxygens (including phenoxy) is 1. The Morgan fingerprint density at radius 2 is 2.39 bits per heavy atom. The Morgan fingerprint density at radius 1 is 1.50 bits per heavy atom. The van der Waals surface area contributed by atoms with E-state index in [0.29, 0.717) is 6.04 Å². The van der Waals surface area contributed by atoms with Gasteiger partial charge in [0.05, 0.1) is 0 Å². The Balaban J connectivity index is 1.76. The third-order valence-corrected chi connectivity index (χ3v) is 3.24. The van der Waals surface area contributed by atoms with E-state index in [1.54, 1.807) is 0 Å². The van der Waals surface area contributed by atoms with Gasteiger partial charge in [-0.15, -0.1) is 0 Å². The van der Waals surface area contributed by atoms with E-state index in [0.717, 1.165) is 57.0 Å². The molecule has 5 heteroatoms. The second-order valence-electron chi connectivity index (χ2n) is 4.94. The lowest BCUT2D eigenvalue weighted by Crippen LogP contribution is -2.27. The van der Waals surface area contributed by atoms with Gasteiger partial charge in [-0.2, -0.15) is 4.98 Å². The molecular formula is C13H23N3O2. The third kappa shape index (κ3) is 3.78. The second kappa shape index (κ2) is 6.85. The van der Waals surface area contributed by atoms with Crippen LogP contribution in [0.1, 0.15) is 57.3 Å². The fourth-order valence-electron chi connectivity index (χ4n) is 2.11. The number of hydrogen-bond donors (Lipinski definition) is 1. The van der Waals surface area contributed by atoms with E-state index in [-0.39, 0.29) is 6.10 Å². The van der Waals surface area contributed by atoms with Gasteiger partial charge in [-0.1, -0.05) is 12.1 Å². The SMILES string of the molecule is CCCNC(C)CCc1nc(C2CCCO2)no1. The summed E-state index contributed by atoms with van der Waals surface area (Å²) in [5.74, 6) is 1.45. The van der Waals surface area contributed by atoms with Crippen LogP contribution < -0.4 is 5.32 Å². The lowest BCUT2D eigenvalue weighted by molar-refractivity contribution is 0.103. The van der Waals surface area contributed by atoms with E-state index in [2.05, 4.69) is 29.3 Å². The van der Waals surface area contributed by atoms with Gasteiger partial charge in [-0.05, 0) is 39.2 Å². The fraction of sp³-hybridized carbons (Fsp3) is 0.846. The highest BCUT2D eigenvalue weighted by Gasteiger charge is 2.23. The first-order valence-corrected chi connectivity index (χ1v) is 6.97. The molecule has 1 N–H and O–H groups in total. The first-order valence-electron chi connectivity index (χ1n) is 6.97. The van der Waals surface area contributed by atoms with Crippen molar-refractivity contribution in [1.29, 1.82) is 0 Å². The largest absolute Gasteiger partial charge is 0.370 e. The number of hydrogen-bond acceptors (Lipinski definition) is 5. The average molecular weight is 253 g/mol. The standard InChI is InChI=1S/C13H23N3O2/c1-3-8-14-10(2)6-7-12-15-13(16-18-12)11-5-4-9-17-11/h10-11,14H,3-9H2,1-2H3. The van der Waals surface area contributed by atoms with E-state index in [9.17, 15) is 0 Å². The number of rotatable bonds is 7. The number of aryl methyl sites for hydroxylation is 1. The summed E-state index contributed by atoms with van der Waals surface area (Å²) in [5, 5.41) is 7.46. The molecule has 0 aromatic carbocycles. The molecule has 1 aliphatic rings. The lowest BCUT2D eigenvalue weighted by Gasteiger charge is -2.10. The van der Waals surface area contributed by atoms with E-state index in [4.69, 9.17) is 9.26 Å². The van der Waals surface area contributed by atoms with Crippen LogP contribution in [0.25, 0.3) is 0 Å². The highest BCUT2D eigenvalue weighted by molar-refractivity contribution is 4.93. The predicted molar refractivity (Wildman–Crippen MR) is 68.3 cm³/mol. The Labute approximate surface area is 108 Å². The monoisotopic (exact) mass is 253 g/mol. The molecule has 1 fully saturated rings. The van der Waals surface area contributed by atoms with Crippen LogP contribution in [0.3, 0.4) is 0 Å². The van der Waals surface area contributed by atoms with E-state index in [1.165, 1.54) is 0 Å². The van der Waals surface area contributed by atoms with Crippen molar-refractivity contribution < 1.29 is 9.26 Å². The Bertz CT molecular complexity index is 348. The van der Waals surface area contributed by atoms with Gasteiger partial charge in [0.25, 0.3) is 0 Å². The third-order valence-electron chi connectivity index (χ3n) is 3.24. The van der Waals surface area contributed by atoms with Crippen molar-refractivity contribution in [3.8, 4) is 0 Å². The van der Waals surface area contributed by atoms with Crippen LogP contribution >= 0.6 is 0 Å². The maximum absolute atomic E-state index is 5.53. The van der Waals surface area contributed by atoms with E-state index in [1.807, 2.05) is 0 Å². The molecule has 1 aromatic heterocycles. The molecule has 0 radical (unpaired) electrons. The summed E-state index contributed by atoms with van der Waals surface area (Å²) in [7, 11) is 0. The van der Waals surface area contributed by atoms with Gasteiger partial charge in [0.1, 0.15) is 6.10 Å².